The van der Waals surface area contributed by atoms with Crippen molar-refractivity contribution in [2.75, 3.05) is 5.88 Å². The monoisotopic (exact) mass is 227 g/mol. The summed E-state index contributed by atoms with van der Waals surface area (Å²) in [6, 6.07) is 7.26. The minimum Gasteiger partial charge on any atom is -0.508 e. The smallest absolute Gasteiger partial charge is 0.115 e. The Hall–Kier alpha value is -0.730. The Morgan fingerprint density at radius 2 is 2.20 bits per heavy atom. The molecule has 0 amide bonds. The first-order valence-electron chi connectivity index (χ1n) is 5.18. The van der Waals surface area contributed by atoms with Gasteiger partial charge in [-0.05, 0) is 31.0 Å². The summed E-state index contributed by atoms with van der Waals surface area (Å²) in [7, 11) is 0. The third-order valence-corrected chi connectivity index (χ3v) is 3.29. The van der Waals surface area contributed by atoms with Gasteiger partial charge < -0.3 is 10.4 Å². The average Bonchev–Trinajstić information content (AvgIpc) is 2.26. The van der Waals surface area contributed by atoms with Crippen LogP contribution in [0.1, 0.15) is 25.8 Å². The molecule has 0 radical (unpaired) electrons. The van der Waals surface area contributed by atoms with E-state index in [-0.39, 0.29) is 5.54 Å². The van der Waals surface area contributed by atoms with Crippen molar-refractivity contribution in [3.8, 4) is 5.75 Å². The predicted octanol–water partition coefficient (Wildman–Crippen LogP) is 2.89. The van der Waals surface area contributed by atoms with Crippen LogP contribution in [0.15, 0.2) is 24.3 Å². The summed E-state index contributed by atoms with van der Waals surface area (Å²) >= 11 is 5.89. The Morgan fingerprint density at radius 3 is 2.73 bits per heavy atom. The van der Waals surface area contributed by atoms with Crippen molar-refractivity contribution >= 4 is 11.6 Å². The summed E-state index contributed by atoms with van der Waals surface area (Å²) in [4.78, 5) is 0. The lowest BCUT2D eigenvalue weighted by atomic mass is 10.0. The van der Waals surface area contributed by atoms with E-state index < -0.39 is 0 Å². The molecule has 0 aliphatic rings. The number of phenolic OH excluding ortho intramolecular Hbond substituents is 1. The van der Waals surface area contributed by atoms with Gasteiger partial charge in [-0.15, -0.1) is 11.6 Å². The Labute approximate surface area is 96.3 Å². The zero-order valence-electron chi connectivity index (χ0n) is 9.26. The molecule has 0 bridgehead atoms. The lowest BCUT2D eigenvalue weighted by Gasteiger charge is -2.27. The van der Waals surface area contributed by atoms with Gasteiger partial charge in [0, 0.05) is 18.0 Å². The van der Waals surface area contributed by atoms with Gasteiger partial charge in [0.1, 0.15) is 5.75 Å². The predicted molar refractivity (Wildman–Crippen MR) is 64.4 cm³/mol. The third-order valence-electron chi connectivity index (χ3n) is 2.71. The quantitative estimate of drug-likeness (QED) is 0.759. The van der Waals surface area contributed by atoms with Gasteiger partial charge in [-0.25, -0.2) is 0 Å². The summed E-state index contributed by atoms with van der Waals surface area (Å²) in [5.74, 6) is 0.890. The first-order chi connectivity index (χ1) is 7.09. The molecule has 1 aromatic rings. The molecule has 2 nitrogen and oxygen atoms in total. The molecule has 1 unspecified atom stereocenters. The number of phenols is 1. The van der Waals surface area contributed by atoms with E-state index in [0.717, 1.165) is 18.5 Å². The maximum atomic E-state index is 9.30. The molecule has 0 aliphatic carbocycles. The first-order valence-corrected chi connectivity index (χ1v) is 5.72. The maximum Gasteiger partial charge on any atom is 0.115 e. The van der Waals surface area contributed by atoms with Gasteiger partial charge in [0.15, 0.2) is 0 Å². The Balaban J connectivity index is 2.56. The molecule has 0 saturated carbocycles. The van der Waals surface area contributed by atoms with Crippen LogP contribution in [-0.4, -0.2) is 16.5 Å². The summed E-state index contributed by atoms with van der Waals surface area (Å²) in [5.41, 5.74) is 1.03. The normalized spacial score (nSPS) is 14.9. The number of hydrogen-bond acceptors (Lipinski definition) is 2. The van der Waals surface area contributed by atoms with Crippen LogP contribution in [0, 0.1) is 0 Å². The SMILES string of the molecule is CCC(C)(CCl)NCc1cccc(O)c1. The summed E-state index contributed by atoms with van der Waals surface area (Å²) < 4.78 is 0. The van der Waals surface area contributed by atoms with E-state index in [1.165, 1.54) is 0 Å². The fourth-order valence-corrected chi connectivity index (χ4v) is 1.53. The molecule has 0 fully saturated rings. The lowest BCUT2D eigenvalue weighted by Crippen LogP contribution is -2.42. The molecule has 0 spiro atoms. The number of alkyl halides is 1. The fraction of sp³-hybridized carbons (Fsp3) is 0.500. The molecule has 1 rings (SSSR count). The lowest BCUT2D eigenvalue weighted by molar-refractivity contribution is 0.379. The second kappa shape index (κ2) is 5.38. The van der Waals surface area contributed by atoms with Crippen LogP contribution in [-0.2, 0) is 6.54 Å². The van der Waals surface area contributed by atoms with E-state index in [1.54, 1.807) is 12.1 Å². The van der Waals surface area contributed by atoms with Crippen LogP contribution in [0.5, 0.6) is 5.75 Å². The Kier molecular flexibility index (Phi) is 4.43. The van der Waals surface area contributed by atoms with E-state index in [4.69, 9.17) is 11.6 Å². The van der Waals surface area contributed by atoms with Crippen LogP contribution in [0.2, 0.25) is 0 Å². The van der Waals surface area contributed by atoms with Gasteiger partial charge in [-0.1, -0.05) is 19.1 Å². The van der Waals surface area contributed by atoms with Crippen molar-refractivity contribution in [3.05, 3.63) is 29.8 Å². The number of halogens is 1. The van der Waals surface area contributed by atoms with E-state index >= 15 is 0 Å². The summed E-state index contributed by atoms with van der Waals surface area (Å²) in [5, 5.41) is 12.7. The molecule has 1 atom stereocenters. The van der Waals surface area contributed by atoms with Gasteiger partial charge >= 0.3 is 0 Å². The second-order valence-electron chi connectivity index (χ2n) is 4.07. The number of nitrogens with one attached hydrogen (secondary N) is 1. The minimum absolute atomic E-state index is 0.0347. The molecule has 0 aliphatic heterocycles. The minimum atomic E-state index is -0.0347. The third kappa shape index (κ3) is 3.73. The standard InChI is InChI=1S/C12H18ClNO/c1-3-12(2,9-13)14-8-10-5-4-6-11(15)7-10/h4-7,14-15H,3,8-9H2,1-2H3. The van der Waals surface area contributed by atoms with Crippen molar-refractivity contribution in [2.45, 2.75) is 32.4 Å². The van der Waals surface area contributed by atoms with Crippen molar-refractivity contribution in [1.82, 2.24) is 5.32 Å². The number of aromatic hydroxyl groups is 1. The van der Waals surface area contributed by atoms with Crippen molar-refractivity contribution in [2.24, 2.45) is 0 Å². The molecule has 3 heteroatoms. The van der Waals surface area contributed by atoms with Crippen LogP contribution in [0.3, 0.4) is 0 Å². The van der Waals surface area contributed by atoms with Crippen LogP contribution >= 0.6 is 11.6 Å². The highest BCUT2D eigenvalue weighted by molar-refractivity contribution is 6.18. The molecule has 2 N–H and O–H groups in total. The molecule has 0 saturated heterocycles. The van der Waals surface area contributed by atoms with E-state index in [2.05, 4.69) is 19.2 Å². The first kappa shape index (κ1) is 12.3. The highest BCUT2D eigenvalue weighted by Gasteiger charge is 2.19. The number of benzene rings is 1. The summed E-state index contributed by atoms with van der Waals surface area (Å²) in [6.45, 7) is 4.94. The van der Waals surface area contributed by atoms with Crippen LogP contribution < -0.4 is 5.32 Å². The molecular formula is C12H18ClNO. The van der Waals surface area contributed by atoms with E-state index in [1.807, 2.05) is 12.1 Å². The van der Waals surface area contributed by atoms with Crippen molar-refractivity contribution in [3.63, 3.8) is 0 Å². The second-order valence-corrected chi connectivity index (χ2v) is 4.34. The van der Waals surface area contributed by atoms with Gasteiger partial charge in [0.2, 0.25) is 0 Å². The van der Waals surface area contributed by atoms with Crippen LogP contribution in [0.25, 0.3) is 0 Å². The molecule has 15 heavy (non-hydrogen) atoms. The summed E-state index contributed by atoms with van der Waals surface area (Å²) in [6.07, 6.45) is 0.981. The zero-order chi connectivity index (χ0) is 11.3. The number of hydrogen-bond donors (Lipinski definition) is 2. The van der Waals surface area contributed by atoms with E-state index in [9.17, 15) is 5.11 Å². The van der Waals surface area contributed by atoms with Crippen LogP contribution in [0.4, 0.5) is 0 Å². The Bertz CT molecular complexity index is 310. The van der Waals surface area contributed by atoms with Crippen molar-refractivity contribution in [1.29, 1.82) is 0 Å². The highest BCUT2D eigenvalue weighted by Crippen LogP contribution is 2.15. The molecule has 1 aromatic carbocycles. The molecule has 0 aromatic heterocycles. The Morgan fingerprint density at radius 1 is 1.47 bits per heavy atom. The molecular weight excluding hydrogens is 210 g/mol. The van der Waals surface area contributed by atoms with Crippen molar-refractivity contribution < 1.29 is 5.11 Å². The highest BCUT2D eigenvalue weighted by atomic mass is 35.5. The fourth-order valence-electron chi connectivity index (χ4n) is 1.25. The van der Waals surface area contributed by atoms with Gasteiger partial charge in [-0.2, -0.15) is 0 Å². The largest absolute Gasteiger partial charge is 0.508 e. The van der Waals surface area contributed by atoms with Gasteiger partial charge in [-0.3, -0.25) is 0 Å². The number of rotatable bonds is 5. The molecule has 0 heterocycles. The van der Waals surface area contributed by atoms with Gasteiger partial charge in [0.25, 0.3) is 0 Å². The molecule has 84 valence electrons. The zero-order valence-corrected chi connectivity index (χ0v) is 10.0. The maximum absolute atomic E-state index is 9.30. The van der Waals surface area contributed by atoms with E-state index in [0.29, 0.717) is 11.6 Å². The average molecular weight is 228 g/mol. The topological polar surface area (TPSA) is 32.3 Å². The van der Waals surface area contributed by atoms with Gasteiger partial charge in [0.05, 0.1) is 0 Å².